The van der Waals surface area contributed by atoms with Crippen LogP contribution in [0.5, 0.6) is 0 Å². The van der Waals surface area contributed by atoms with Gasteiger partial charge >= 0.3 is 0 Å². The number of rotatable bonds is 3. The lowest BCUT2D eigenvalue weighted by molar-refractivity contribution is 0.280. The second-order valence-electron chi connectivity index (χ2n) is 5.28. The quantitative estimate of drug-likeness (QED) is 0.922. The highest BCUT2D eigenvalue weighted by molar-refractivity contribution is 7.89. The fourth-order valence-corrected chi connectivity index (χ4v) is 4.21. The van der Waals surface area contributed by atoms with Gasteiger partial charge in [-0.15, -0.1) is 0 Å². The minimum Gasteiger partial charge on any atom is -0.392 e. The molecular formula is C14H21NO3S. The Morgan fingerprint density at radius 1 is 1.32 bits per heavy atom. The van der Waals surface area contributed by atoms with Gasteiger partial charge in [-0.2, -0.15) is 4.31 Å². The zero-order valence-corrected chi connectivity index (χ0v) is 12.3. The topological polar surface area (TPSA) is 57.6 Å². The zero-order chi connectivity index (χ0) is 14.0. The van der Waals surface area contributed by atoms with E-state index in [0.717, 1.165) is 12.8 Å². The van der Waals surface area contributed by atoms with E-state index in [2.05, 4.69) is 6.92 Å². The van der Waals surface area contributed by atoms with E-state index < -0.39 is 10.0 Å². The van der Waals surface area contributed by atoms with Crippen molar-refractivity contribution in [2.45, 2.75) is 38.2 Å². The minimum atomic E-state index is -3.43. The largest absolute Gasteiger partial charge is 0.392 e. The van der Waals surface area contributed by atoms with Gasteiger partial charge in [0, 0.05) is 13.1 Å². The maximum Gasteiger partial charge on any atom is 0.243 e. The van der Waals surface area contributed by atoms with Gasteiger partial charge in [0.05, 0.1) is 11.5 Å². The molecular weight excluding hydrogens is 262 g/mol. The standard InChI is InChI=1S/C14H21NO3S/c1-11-6-8-15(9-7-11)19(17,18)14-5-3-4-13(10-16)12(14)2/h3-5,11,16H,6-10H2,1-2H3. The van der Waals surface area contributed by atoms with Crippen molar-refractivity contribution in [2.75, 3.05) is 13.1 Å². The van der Waals surface area contributed by atoms with Crippen LogP contribution in [0, 0.1) is 12.8 Å². The van der Waals surface area contributed by atoms with Crippen LogP contribution in [0.15, 0.2) is 23.1 Å². The fraction of sp³-hybridized carbons (Fsp3) is 0.571. The summed E-state index contributed by atoms with van der Waals surface area (Å²) in [6, 6.07) is 5.08. The molecule has 106 valence electrons. The molecule has 4 nitrogen and oxygen atoms in total. The van der Waals surface area contributed by atoms with Gasteiger partial charge in [-0.05, 0) is 42.9 Å². The molecule has 0 amide bonds. The van der Waals surface area contributed by atoms with E-state index >= 15 is 0 Å². The summed E-state index contributed by atoms with van der Waals surface area (Å²) in [5.74, 6) is 0.594. The van der Waals surface area contributed by atoms with Gasteiger partial charge in [0.1, 0.15) is 0 Å². The molecule has 0 atom stereocenters. The molecule has 0 bridgehead atoms. The molecule has 0 saturated carbocycles. The van der Waals surface area contributed by atoms with Crippen LogP contribution in [0.1, 0.15) is 30.9 Å². The van der Waals surface area contributed by atoms with Crippen molar-refractivity contribution in [3.8, 4) is 0 Å². The third-order valence-electron chi connectivity index (χ3n) is 3.93. The van der Waals surface area contributed by atoms with E-state index in [1.54, 1.807) is 29.4 Å². The summed E-state index contributed by atoms with van der Waals surface area (Å²) < 4.78 is 26.8. The molecule has 0 spiro atoms. The Kier molecular flexibility index (Phi) is 4.28. The first-order chi connectivity index (χ1) is 8.96. The Hall–Kier alpha value is -0.910. The van der Waals surface area contributed by atoms with Gasteiger partial charge in [-0.3, -0.25) is 0 Å². The van der Waals surface area contributed by atoms with Gasteiger partial charge in [-0.25, -0.2) is 8.42 Å². The Balaban J connectivity index is 2.35. The second-order valence-corrected chi connectivity index (χ2v) is 7.19. The zero-order valence-electron chi connectivity index (χ0n) is 11.5. The maximum absolute atomic E-state index is 12.6. The SMILES string of the molecule is Cc1c(CO)cccc1S(=O)(=O)N1CCC(C)CC1. The Morgan fingerprint density at radius 3 is 2.53 bits per heavy atom. The molecule has 1 N–H and O–H groups in total. The molecule has 1 aromatic rings. The number of hydrogen-bond donors (Lipinski definition) is 1. The molecule has 1 aromatic carbocycles. The molecule has 0 aromatic heterocycles. The first kappa shape index (κ1) is 14.5. The van der Waals surface area contributed by atoms with Gasteiger partial charge in [0.15, 0.2) is 0 Å². The maximum atomic E-state index is 12.6. The van der Waals surface area contributed by atoms with Crippen LogP contribution in [0.3, 0.4) is 0 Å². The number of nitrogens with zero attached hydrogens (tertiary/aromatic N) is 1. The van der Waals surface area contributed by atoms with E-state index in [-0.39, 0.29) is 6.61 Å². The highest BCUT2D eigenvalue weighted by Gasteiger charge is 2.29. The molecule has 1 aliphatic rings. The highest BCUT2D eigenvalue weighted by atomic mass is 32.2. The second kappa shape index (κ2) is 5.61. The lowest BCUT2D eigenvalue weighted by atomic mass is 10.0. The fourth-order valence-electron chi connectivity index (χ4n) is 2.47. The summed E-state index contributed by atoms with van der Waals surface area (Å²) in [5, 5.41) is 9.25. The third kappa shape index (κ3) is 2.83. The van der Waals surface area contributed by atoms with E-state index in [4.69, 9.17) is 0 Å². The predicted octanol–water partition coefficient (Wildman–Crippen LogP) is 1.91. The first-order valence-electron chi connectivity index (χ1n) is 6.66. The highest BCUT2D eigenvalue weighted by Crippen LogP contribution is 2.26. The number of aliphatic hydroxyl groups is 1. The molecule has 2 rings (SSSR count). The summed E-state index contributed by atoms with van der Waals surface area (Å²) >= 11 is 0. The van der Waals surface area contributed by atoms with Crippen LogP contribution in [-0.4, -0.2) is 30.9 Å². The minimum absolute atomic E-state index is 0.133. The molecule has 0 aliphatic carbocycles. The van der Waals surface area contributed by atoms with E-state index in [1.807, 2.05) is 0 Å². The summed E-state index contributed by atoms with van der Waals surface area (Å²) in [5.41, 5.74) is 1.33. The number of benzene rings is 1. The van der Waals surface area contributed by atoms with Gasteiger partial charge < -0.3 is 5.11 Å². The Morgan fingerprint density at radius 2 is 1.95 bits per heavy atom. The van der Waals surface area contributed by atoms with Crippen LogP contribution in [-0.2, 0) is 16.6 Å². The Bertz CT molecular complexity index is 546. The lowest BCUT2D eigenvalue weighted by Crippen LogP contribution is -2.38. The molecule has 19 heavy (non-hydrogen) atoms. The molecule has 1 aliphatic heterocycles. The van der Waals surface area contributed by atoms with Crippen molar-refractivity contribution in [1.29, 1.82) is 0 Å². The van der Waals surface area contributed by atoms with E-state index in [0.29, 0.717) is 35.0 Å². The average Bonchev–Trinajstić information content (AvgIpc) is 2.39. The van der Waals surface area contributed by atoms with Crippen molar-refractivity contribution in [3.05, 3.63) is 29.3 Å². The van der Waals surface area contributed by atoms with Crippen LogP contribution < -0.4 is 0 Å². The number of piperidine rings is 1. The summed E-state index contributed by atoms with van der Waals surface area (Å²) in [7, 11) is -3.43. The average molecular weight is 283 g/mol. The van der Waals surface area contributed by atoms with Crippen LogP contribution in [0.25, 0.3) is 0 Å². The number of hydrogen-bond acceptors (Lipinski definition) is 3. The van der Waals surface area contributed by atoms with Crippen molar-refractivity contribution in [2.24, 2.45) is 5.92 Å². The van der Waals surface area contributed by atoms with Crippen molar-refractivity contribution < 1.29 is 13.5 Å². The monoisotopic (exact) mass is 283 g/mol. The van der Waals surface area contributed by atoms with Crippen LogP contribution >= 0.6 is 0 Å². The summed E-state index contributed by atoms with van der Waals surface area (Å²) in [4.78, 5) is 0.327. The van der Waals surface area contributed by atoms with Gasteiger partial charge in [-0.1, -0.05) is 19.1 Å². The van der Waals surface area contributed by atoms with Crippen molar-refractivity contribution >= 4 is 10.0 Å². The normalized spacial score (nSPS) is 18.7. The van der Waals surface area contributed by atoms with Crippen LogP contribution in [0.4, 0.5) is 0 Å². The van der Waals surface area contributed by atoms with Crippen molar-refractivity contribution in [1.82, 2.24) is 4.31 Å². The van der Waals surface area contributed by atoms with E-state index in [1.165, 1.54) is 0 Å². The Labute approximate surface area is 115 Å². The van der Waals surface area contributed by atoms with Crippen LogP contribution in [0.2, 0.25) is 0 Å². The van der Waals surface area contributed by atoms with Gasteiger partial charge in [0.25, 0.3) is 0 Å². The number of sulfonamides is 1. The smallest absolute Gasteiger partial charge is 0.243 e. The molecule has 1 saturated heterocycles. The van der Waals surface area contributed by atoms with Gasteiger partial charge in [0.2, 0.25) is 10.0 Å². The first-order valence-corrected chi connectivity index (χ1v) is 8.10. The summed E-state index contributed by atoms with van der Waals surface area (Å²) in [6.45, 7) is 4.96. The summed E-state index contributed by atoms with van der Waals surface area (Å²) in [6.07, 6.45) is 1.83. The molecule has 1 fully saturated rings. The molecule has 5 heteroatoms. The molecule has 0 unspecified atom stereocenters. The molecule has 1 heterocycles. The lowest BCUT2D eigenvalue weighted by Gasteiger charge is -2.30. The number of aliphatic hydroxyl groups excluding tert-OH is 1. The van der Waals surface area contributed by atoms with Crippen molar-refractivity contribution in [3.63, 3.8) is 0 Å². The predicted molar refractivity (Wildman–Crippen MR) is 74.3 cm³/mol. The third-order valence-corrected chi connectivity index (χ3v) is 5.97. The van der Waals surface area contributed by atoms with E-state index in [9.17, 15) is 13.5 Å². The molecule has 0 radical (unpaired) electrons.